The van der Waals surface area contributed by atoms with E-state index in [0.717, 1.165) is 29.8 Å². The van der Waals surface area contributed by atoms with Gasteiger partial charge in [-0.05, 0) is 12.1 Å². The molecule has 0 aliphatic carbocycles. The fourth-order valence-electron chi connectivity index (χ4n) is 2.18. The predicted octanol–water partition coefficient (Wildman–Crippen LogP) is 1.17. The quantitative estimate of drug-likeness (QED) is 0.771. The maximum absolute atomic E-state index is 5.85. The van der Waals surface area contributed by atoms with Crippen molar-refractivity contribution in [2.45, 2.75) is 6.10 Å². The van der Waals surface area contributed by atoms with E-state index in [-0.39, 0.29) is 6.10 Å². The van der Waals surface area contributed by atoms with E-state index in [1.54, 1.807) is 10.9 Å². The topological polar surface area (TPSA) is 64.9 Å². The van der Waals surface area contributed by atoms with Crippen molar-refractivity contribution in [2.75, 3.05) is 13.1 Å². The van der Waals surface area contributed by atoms with E-state index in [0.29, 0.717) is 5.88 Å². The van der Waals surface area contributed by atoms with Crippen molar-refractivity contribution < 1.29 is 4.74 Å². The van der Waals surface area contributed by atoms with Gasteiger partial charge in [0.2, 0.25) is 5.88 Å². The van der Waals surface area contributed by atoms with Crippen molar-refractivity contribution in [1.29, 1.82) is 0 Å². The summed E-state index contributed by atoms with van der Waals surface area (Å²) < 4.78 is 7.64. The molecule has 4 rings (SSSR count). The molecule has 0 unspecified atom stereocenters. The van der Waals surface area contributed by atoms with Gasteiger partial charge in [-0.15, -0.1) is 0 Å². The van der Waals surface area contributed by atoms with Gasteiger partial charge in [0.15, 0.2) is 5.65 Å². The van der Waals surface area contributed by atoms with Gasteiger partial charge in [-0.3, -0.25) is 0 Å². The van der Waals surface area contributed by atoms with Gasteiger partial charge < -0.3 is 10.1 Å². The van der Waals surface area contributed by atoms with Crippen LogP contribution < -0.4 is 10.1 Å². The van der Waals surface area contributed by atoms with Crippen LogP contribution in [0.25, 0.3) is 16.7 Å². The maximum atomic E-state index is 5.85. The molecule has 0 radical (unpaired) electrons. The van der Waals surface area contributed by atoms with Gasteiger partial charge in [-0.1, -0.05) is 18.2 Å². The Balaban J connectivity index is 1.79. The highest BCUT2D eigenvalue weighted by Crippen LogP contribution is 2.24. The molecule has 1 aliphatic rings. The second kappa shape index (κ2) is 4.57. The molecule has 6 nitrogen and oxygen atoms in total. The van der Waals surface area contributed by atoms with Crippen molar-refractivity contribution in [3.8, 4) is 11.6 Å². The summed E-state index contributed by atoms with van der Waals surface area (Å²) in [7, 11) is 0. The van der Waals surface area contributed by atoms with E-state index in [1.807, 2.05) is 30.3 Å². The van der Waals surface area contributed by atoms with Crippen LogP contribution in [0.1, 0.15) is 0 Å². The molecule has 1 aromatic carbocycles. The van der Waals surface area contributed by atoms with Crippen LogP contribution in [-0.4, -0.2) is 38.9 Å². The number of para-hydroxylation sites is 1. The van der Waals surface area contributed by atoms with E-state index in [9.17, 15) is 0 Å². The van der Waals surface area contributed by atoms with Crippen molar-refractivity contribution >= 4 is 11.0 Å². The molecular weight excluding hydrogens is 254 g/mol. The SMILES string of the molecule is c1ccc(-n2ncc3c(OC4CNC4)ncnc32)cc1. The molecule has 0 spiro atoms. The minimum absolute atomic E-state index is 0.188. The molecule has 100 valence electrons. The Morgan fingerprint density at radius 1 is 1.15 bits per heavy atom. The zero-order chi connectivity index (χ0) is 13.4. The Morgan fingerprint density at radius 2 is 2.00 bits per heavy atom. The summed E-state index contributed by atoms with van der Waals surface area (Å²) in [6.45, 7) is 1.72. The summed E-state index contributed by atoms with van der Waals surface area (Å²) in [5.41, 5.74) is 1.73. The highest BCUT2D eigenvalue weighted by atomic mass is 16.5. The monoisotopic (exact) mass is 267 g/mol. The Bertz CT molecular complexity index is 736. The van der Waals surface area contributed by atoms with Crippen LogP contribution in [0.5, 0.6) is 5.88 Å². The number of aromatic nitrogens is 4. The lowest BCUT2D eigenvalue weighted by atomic mass is 10.2. The zero-order valence-corrected chi connectivity index (χ0v) is 10.7. The van der Waals surface area contributed by atoms with Gasteiger partial charge in [-0.25, -0.2) is 14.6 Å². The average molecular weight is 267 g/mol. The van der Waals surface area contributed by atoms with Crippen LogP contribution in [0.15, 0.2) is 42.9 Å². The molecule has 6 heteroatoms. The molecule has 1 fully saturated rings. The summed E-state index contributed by atoms with van der Waals surface area (Å²) in [5, 5.41) is 8.40. The number of ether oxygens (including phenoxy) is 1. The van der Waals surface area contributed by atoms with Crippen LogP contribution in [0.2, 0.25) is 0 Å². The van der Waals surface area contributed by atoms with E-state index in [4.69, 9.17) is 4.74 Å². The van der Waals surface area contributed by atoms with E-state index in [1.165, 1.54) is 6.33 Å². The first-order valence-corrected chi connectivity index (χ1v) is 6.53. The lowest BCUT2D eigenvalue weighted by Crippen LogP contribution is -2.50. The Morgan fingerprint density at radius 3 is 2.75 bits per heavy atom. The summed E-state index contributed by atoms with van der Waals surface area (Å²) in [4.78, 5) is 8.54. The molecular formula is C14H13N5O. The smallest absolute Gasteiger partial charge is 0.228 e. The first-order valence-electron chi connectivity index (χ1n) is 6.53. The lowest BCUT2D eigenvalue weighted by molar-refractivity contribution is 0.138. The standard InChI is InChI=1S/C14H13N5O/c1-2-4-10(5-3-1)19-13-12(8-18-19)14(17-9-16-13)20-11-6-15-7-11/h1-5,8-9,11,15H,6-7H2. The number of nitrogens with one attached hydrogen (secondary N) is 1. The van der Waals surface area contributed by atoms with Crippen molar-refractivity contribution in [3.05, 3.63) is 42.9 Å². The predicted molar refractivity (Wildman–Crippen MR) is 73.9 cm³/mol. The summed E-state index contributed by atoms with van der Waals surface area (Å²) in [6, 6.07) is 9.90. The van der Waals surface area contributed by atoms with Crippen LogP contribution in [0, 0.1) is 0 Å². The minimum atomic E-state index is 0.188. The molecule has 1 N–H and O–H groups in total. The molecule has 0 bridgehead atoms. The van der Waals surface area contributed by atoms with Gasteiger partial charge in [0, 0.05) is 13.1 Å². The third kappa shape index (κ3) is 1.81. The van der Waals surface area contributed by atoms with E-state index < -0.39 is 0 Å². The average Bonchev–Trinajstić information content (AvgIpc) is 2.88. The first kappa shape index (κ1) is 11.4. The first-order chi connectivity index (χ1) is 9.92. The van der Waals surface area contributed by atoms with E-state index in [2.05, 4.69) is 20.4 Å². The molecule has 0 amide bonds. The lowest BCUT2D eigenvalue weighted by Gasteiger charge is -2.27. The van der Waals surface area contributed by atoms with Crippen molar-refractivity contribution in [2.24, 2.45) is 0 Å². The highest BCUT2D eigenvalue weighted by molar-refractivity contribution is 5.81. The Hall–Kier alpha value is -2.47. The molecule has 0 saturated carbocycles. The van der Waals surface area contributed by atoms with Gasteiger partial charge in [0.1, 0.15) is 17.8 Å². The van der Waals surface area contributed by atoms with Gasteiger partial charge in [0.05, 0.1) is 11.9 Å². The number of rotatable bonds is 3. The van der Waals surface area contributed by atoms with Crippen molar-refractivity contribution in [3.63, 3.8) is 0 Å². The normalized spacial score (nSPS) is 15.2. The molecule has 1 saturated heterocycles. The number of hydrogen-bond donors (Lipinski definition) is 1. The number of benzene rings is 1. The second-order valence-corrected chi connectivity index (χ2v) is 4.71. The van der Waals surface area contributed by atoms with Crippen LogP contribution in [0.4, 0.5) is 0 Å². The van der Waals surface area contributed by atoms with Gasteiger partial charge in [0.25, 0.3) is 0 Å². The molecule has 2 aromatic heterocycles. The summed E-state index contributed by atoms with van der Waals surface area (Å²) >= 11 is 0. The third-order valence-electron chi connectivity index (χ3n) is 3.35. The molecule has 20 heavy (non-hydrogen) atoms. The minimum Gasteiger partial charge on any atom is -0.471 e. The summed E-state index contributed by atoms with van der Waals surface area (Å²) in [5.74, 6) is 0.601. The van der Waals surface area contributed by atoms with Crippen LogP contribution in [-0.2, 0) is 0 Å². The van der Waals surface area contributed by atoms with E-state index >= 15 is 0 Å². The zero-order valence-electron chi connectivity index (χ0n) is 10.7. The van der Waals surface area contributed by atoms with Crippen LogP contribution >= 0.6 is 0 Å². The highest BCUT2D eigenvalue weighted by Gasteiger charge is 2.21. The largest absolute Gasteiger partial charge is 0.471 e. The Labute approximate surface area is 115 Å². The number of fused-ring (bicyclic) bond motifs is 1. The molecule has 3 aromatic rings. The molecule has 1 aliphatic heterocycles. The number of nitrogens with zero attached hydrogens (tertiary/aromatic N) is 4. The van der Waals surface area contributed by atoms with Crippen molar-refractivity contribution in [1.82, 2.24) is 25.1 Å². The number of hydrogen-bond acceptors (Lipinski definition) is 5. The van der Waals surface area contributed by atoms with Gasteiger partial charge in [-0.2, -0.15) is 5.10 Å². The molecule has 3 heterocycles. The maximum Gasteiger partial charge on any atom is 0.228 e. The fourth-order valence-corrected chi connectivity index (χ4v) is 2.18. The summed E-state index contributed by atoms with van der Waals surface area (Å²) in [6.07, 6.45) is 3.46. The third-order valence-corrected chi connectivity index (χ3v) is 3.35. The van der Waals surface area contributed by atoms with Gasteiger partial charge >= 0.3 is 0 Å². The molecule has 0 atom stereocenters. The fraction of sp³-hybridized carbons (Fsp3) is 0.214. The Kier molecular flexibility index (Phi) is 2.60. The second-order valence-electron chi connectivity index (χ2n) is 4.71. The van der Waals surface area contributed by atoms with Crippen LogP contribution in [0.3, 0.4) is 0 Å².